The highest BCUT2D eigenvalue weighted by atomic mass is 16.6. The van der Waals surface area contributed by atoms with Crippen LogP contribution in [0.2, 0.25) is 0 Å². The van der Waals surface area contributed by atoms with Crippen molar-refractivity contribution < 1.29 is 34.0 Å². The molecule has 0 fully saturated rings. The quantitative estimate of drug-likeness (QED) is 0.379. The zero-order valence-corrected chi connectivity index (χ0v) is 18.7. The minimum Gasteiger partial charge on any atom is -0.504 e. The molecule has 0 aliphatic carbocycles. The minimum absolute atomic E-state index is 0.173. The van der Waals surface area contributed by atoms with E-state index in [-0.39, 0.29) is 11.5 Å². The molecule has 8 nitrogen and oxygen atoms in total. The second-order valence-corrected chi connectivity index (χ2v) is 7.34. The van der Waals surface area contributed by atoms with Gasteiger partial charge in [0.1, 0.15) is 5.75 Å². The number of methoxy groups -OCH3 is 1. The number of amides is 1. The number of para-hydroxylation sites is 1. The Bertz CT molecular complexity index is 1140. The molecule has 0 spiro atoms. The normalized spacial score (nSPS) is 12.5. The van der Waals surface area contributed by atoms with Gasteiger partial charge in [-0.2, -0.15) is 0 Å². The van der Waals surface area contributed by atoms with Crippen LogP contribution in [0.3, 0.4) is 0 Å². The van der Waals surface area contributed by atoms with Crippen LogP contribution >= 0.6 is 0 Å². The van der Waals surface area contributed by atoms with Gasteiger partial charge in [0.05, 0.1) is 7.11 Å². The Balaban J connectivity index is 1.96. The fourth-order valence-corrected chi connectivity index (χ4v) is 3.14. The molecule has 0 saturated heterocycles. The van der Waals surface area contributed by atoms with Crippen molar-refractivity contribution in [2.24, 2.45) is 0 Å². The zero-order valence-electron chi connectivity index (χ0n) is 18.7. The molecule has 3 aromatic rings. The lowest BCUT2D eigenvalue weighted by Gasteiger charge is -2.26. The number of benzene rings is 3. The van der Waals surface area contributed by atoms with Crippen LogP contribution in [0.5, 0.6) is 17.2 Å². The van der Waals surface area contributed by atoms with Gasteiger partial charge in [0.2, 0.25) is 0 Å². The van der Waals surface area contributed by atoms with Crippen LogP contribution in [0, 0.1) is 6.92 Å². The van der Waals surface area contributed by atoms with Crippen LogP contribution in [-0.4, -0.2) is 35.5 Å². The number of rotatable bonds is 9. The fourth-order valence-electron chi connectivity index (χ4n) is 3.14. The molecule has 3 aromatic carbocycles. The first kappa shape index (κ1) is 24.2. The van der Waals surface area contributed by atoms with E-state index in [0.717, 1.165) is 11.6 Å². The van der Waals surface area contributed by atoms with Crippen molar-refractivity contribution in [1.29, 1.82) is 0 Å². The highest BCUT2D eigenvalue weighted by Gasteiger charge is 2.29. The summed E-state index contributed by atoms with van der Waals surface area (Å²) >= 11 is 0. The van der Waals surface area contributed by atoms with E-state index in [9.17, 15) is 19.8 Å². The summed E-state index contributed by atoms with van der Waals surface area (Å²) in [6, 6.07) is 20.3. The van der Waals surface area contributed by atoms with Crippen LogP contribution in [0.1, 0.15) is 17.2 Å². The van der Waals surface area contributed by atoms with Crippen molar-refractivity contribution in [1.82, 2.24) is 0 Å². The van der Waals surface area contributed by atoms with Crippen LogP contribution < -0.4 is 14.8 Å². The number of phenolic OH excluding ortho intramolecular Hbond substituents is 1. The molecule has 8 heteroatoms. The van der Waals surface area contributed by atoms with Gasteiger partial charge in [-0.1, -0.05) is 42.0 Å². The van der Waals surface area contributed by atoms with Crippen LogP contribution in [0.15, 0.2) is 84.9 Å². The highest BCUT2D eigenvalue weighted by Crippen LogP contribution is 2.33. The van der Waals surface area contributed by atoms with E-state index >= 15 is 0 Å². The first-order valence-electron chi connectivity index (χ1n) is 10.4. The topological polar surface area (TPSA) is 114 Å². The average molecular weight is 463 g/mol. The number of aryl methyl sites for hydroxylation is 1. The van der Waals surface area contributed by atoms with E-state index in [2.05, 4.69) is 5.32 Å². The Morgan fingerprint density at radius 1 is 1.00 bits per heavy atom. The van der Waals surface area contributed by atoms with Crippen LogP contribution in [0.4, 0.5) is 10.5 Å². The SMILES string of the molecule is COc1ccc([C@H](OC(=O)Nc2ccc(C)cc2)[C@H](/C=C/C(=O)O)Oc2ccccc2)cc1O. The molecule has 0 unspecified atom stereocenters. The third-order valence-electron chi connectivity index (χ3n) is 4.81. The molecule has 0 aliphatic heterocycles. The molecule has 34 heavy (non-hydrogen) atoms. The summed E-state index contributed by atoms with van der Waals surface area (Å²) in [6.45, 7) is 1.93. The molecule has 0 bridgehead atoms. The second kappa shape index (κ2) is 11.4. The van der Waals surface area contributed by atoms with Crippen LogP contribution in [-0.2, 0) is 9.53 Å². The van der Waals surface area contributed by atoms with Gasteiger partial charge >= 0.3 is 12.1 Å². The lowest BCUT2D eigenvalue weighted by Crippen LogP contribution is -2.29. The number of ether oxygens (including phenoxy) is 3. The van der Waals surface area contributed by atoms with E-state index in [1.165, 1.54) is 25.3 Å². The molecular formula is C26H25NO7. The minimum atomic E-state index is -1.19. The van der Waals surface area contributed by atoms with Gasteiger partial charge in [-0.15, -0.1) is 0 Å². The molecule has 0 aromatic heterocycles. The number of nitrogens with one attached hydrogen (secondary N) is 1. The molecule has 0 heterocycles. The summed E-state index contributed by atoms with van der Waals surface area (Å²) in [5.74, 6) is -0.698. The van der Waals surface area contributed by atoms with E-state index in [1.54, 1.807) is 48.5 Å². The number of anilines is 1. The number of carbonyl (C=O) groups excluding carboxylic acids is 1. The van der Waals surface area contributed by atoms with E-state index in [4.69, 9.17) is 14.2 Å². The first-order valence-corrected chi connectivity index (χ1v) is 10.4. The van der Waals surface area contributed by atoms with Crippen molar-refractivity contribution in [3.63, 3.8) is 0 Å². The molecule has 0 saturated carbocycles. The summed E-state index contributed by atoms with van der Waals surface area (Å²) in [4.78, 5) is 24.0. The van der Waals surface area contributed by atoms with E-state index < -0.39 is 24.3 Å². The number of carboxylic acid groups (broad SMARTS) is 1. The van der Waals surface area contributed by atoms with Crippen molar-refractivity contribution >= 4 is 17.7 Å². The predicted molar refractivity (Wildman–Crippen MR) is 126 cm³/mol. The van der Waals surface area contributed by atoms with Crippen molar-refractivity contribution in [3.05, 3.63) is 96.1 Å². The molecule has 0 aliphatic rings. The highest BCUT2D eigenvalue weighted by molar-refractivity contribution is 5.85. The summed E-state index contributed by atoms with van der Waals surface area (Å²) in [5.41, 5.74) is 1.92. The number of carboxylic acids is 1. The van der Waals surface area contributed by atoms with E-state index in [0.29, 0.717) is 17.0 Å². The third-order valence-corrected chi connectivity index (χ3v) is 4.81. The first-order chi connectivity index (χ1) is 16.4. The predicted octanol–water partition coefficient (Wildman–Crippen LogP) is 5.09. The number of aliphatic carboxylic acids is 1. The largest absolute Gasteiger partial charge is 0.504 e. The zero-order chi connectivity index (χ0) is 24.5. The molecule has 176 valence electrons. The maximum absolute atomic E-state index is 12.8. The Morgan fingerprint density at radius 2 is 1.71 bits per heavy atom. The van der Waals surface area contributed by atoms with Crippen molar-refractivity contribution in [2.75, 3.05) is 12.4 Å². The number of hydrogen-bond donors (Lipinski definition) is 3. The maximum Gasteiger partial charge on any atom is 0.412 e. The standard InChI is InChI=1S/C26H25NO7/c1-17-8-11-19(12-9-17)27-26(31)34-25(18-10-13-22(32-2)21(28)16-18)23(14-15-24(29)30)33-20-6-4-3-5-7-20/h3-16,23,25,28H,1-2H3,(H,27,31)(H,29,30)/b15-14+/t23-,25-/m0/s1. The summed E-state index contributed by atoms with van der Waals surface area (Å²) < 4.78 is 16.8. The van der Waals surface area contributed by atoms with Gasteiger partial charge in [0.15, 0.2) is 23.7 Å². The second-order valence-electron chi connectivity index (χ2n) is 7.34. The maximum atomic E-state index is 12.8. The fraction of sp³-hybridized carbons (Fsp3) is 0.154. The Kier molecular flexibility index (Phi) is 8.12. The summed E-state index contributed by atoms with van der Waals surface area (Å²) in [6.07, 6.45) is -0.742. The summed E-state index contributed by atoms with van der Waals surface area (Å²) in [5, 5.41) is 22.1. The van der Waals surface area contributed by atoms with Gasteiger partial charge in [0, 0.05) is 17.3 Å². The van der Waals surface area contributed by atoms with Crippen LogP contribution in [0.25, 0.3) is 0 Å². The molecular weight excluding hydrogens is 438 g/mol. The molecule has 3 N–H and O–H groups in total. The van der Waals surface area contributed by atoms with Crippen molar-refractivity contribution in [2.45, 2.75) is 19.1 Å². The van der Waals surface area contributed by atoms with E-state index in [1.807, 2.05) is 19.1 Å². The number of phenols is 1. The molecule has 2 atom stereocenters. The Labute approximate surface area is 197 Å². The van der Waals surface area contributed by atoms with Gasteiger partial charge in [-0.3, -0.25) is 5.32 Å². The van der Waals surface area contributed by atoms with Gasteiger partial charge in [0.25, 0.3) is 0 Å². The molecule has 3 rings (SSSR count). The van der Waals surface area contributed by atoms with Gasteiger partial charge in [-0.25, -0.2) is 9.59 Å². The average Bonchev–Trinajstić information content (AvgIpc) is 2.82. The molecule has 1 amide bonds. The monoisotopic (exact) mass is 463 g/mol. The van der Waals surface area contributed by atoms with Gasteiger partial charge in [-0.05, 0) is 49.4 Å². The van der Waals surface area contributed by atoms with Crippen molar-refractivity contribution in [3.8, 4) is 17.2 Å². The lowest BCUT2D eigenvalue weighted by molar-refractivity contribution is -0.131. The lowest BCUT2D eigenvalue weighted by atomic mass is 10.0. The molecule has 0 radical (unpaired) electrons. The Morgan fingerprint density at radius 3 is 2.32 bits per heavy atom. The number of carbonyl (C=O) groups is 2. The number of aromatic hydroxyl groups is 1. The Hall–Kier alpha value is -4.46. The van der Waals surface area contributed by atoms with Gasteiger partial charge < -0.3 is 24.4 Å². The smallest absolute Gasteiger partial charge is 0.412 e. The third kappa shape index (κ3) is 6.77. The number of hydrogen-bond acceptors (Lipinski definition) is 6. The summed E-state index contributed by atoms with van der Waals surface area (Å²) in [7, 11) is 1.41.